The molecule has 0 aliphatic rings. The zero-order chi connectivity index (χ0) is 19.6. The quantitative estimate of drug-likeness (QED) is 0.327. The molecular weight excluding hydrogens is 352 g/mol. The fourth-order valence-corrected chi connectivity index (χ4v) is 3.52. The fraction of sp³-hybridized carbons (Fsp3) is 0.0370. The SMILES string of the molecule is Cc1cn2c(C#Cc3ccccc3)ccc2n2c(C#Cc3ccccc3)ccc12. The van der Waals surface area contributed by atoms with Gasteiger partial charge in [-0.1, -0.05) is 48.2 Å². The van der Waals surface area contributed by atoms with Crippen LogP contribution < -0.4 is 0 Å². The summed E-state index contributed by atoms with van der Waals surface area (Å²) in [5.74, 6) is 13.2. The van der Waals surface area contributed by atoms with Crippen molar-refractivity contribution in [2.75, 3.05) is 0 Å². The number of aryl methyl sites for hydroxylation is 1. The van der Waals surface area contributed by atoms with Gasteiger partial charge in [-0.05, 0) is 72.9 Å². The van der Waals surface area contributed by atoms with Crippen LogP contribution in [0.15, 0.2) is 91.1 Å². The average Bonchev–Trinajstić information content (AvgIpc) is 3.37. The number of hydrogen-bond donors (Lipinski definition) is 0. The van der Waals surface area contributed by atoms with Crippen molar-refractivity contribution in [3.8, 4) is 23.7 Å². The molecule has 2 heteroatoms. The van der Waals surface area contributed by atoms with Crippen molar-refractivity contribution < 1.29 is 0 Å². The third-order valence-electron chi connectivity index (χ3n) is 4.95. The van der Waals surface area contributed by atoms with Crippen molar-refractivity contribution in [3.63, 3.8) is 0 Å². The summed E-state index contributed by atoms with van der Waals surface area (Å²) in [6.45, 7) is 2.12. The summed E-state index contributed by atoms with van der Waals surface area (Å²) in [7, 11) is 0. The molecule has 5 rings (SSSR count). The van der Waals surface area contributed by atoms with Crippen LogP contribution in [0.3, 0.4) is 0 Å². The highest BCUT2D eigenvalue weighted by Gasteiger charge is 2.09. The molecule has 2 nitrogen and oxygen atoms in total. The van der Waals surface area contributed by atoms with E-state index in [-0.39, 0.29) is 0 Å². The highest BCUT2D eigenvalue weighted by Crippen LogP contribution is 2.20. The molecule has 0 radical (unpaired) electrons. The molecule has 5 aromatic rings. The lowest BCUT2D eigenvalue weighted by atomic mass is 10.2. The van der Waals surface area contributed by atoms with Crippen LogP contribution in [0, 0.1) is 30.6 Å². The maximum Gasteiger partial charge on any atom is 0.123 e. The Kier molecular flexibility index (Phi) is 4.17. The summed E-state index contributed by atoms with van der Waals surface area (Å²) in [6.07, 6.45) is 2.15. The van der Waals surface area contributed by atoms with E-state index < -0.39 is 0 Å². The lowest BCUT2D eigenvalue weighted by molar-refractivity contribution is 1.05. The lowest BCUT2D eigenvalue weighted by Crippen LogP contribution is -1.99. The Balaban J connectivity index is 1.66. The number of hydrogen-bond acceptors (Lipinski definition) is 0. The molecule has 136 valence electrons. The molecule has 0 fully saturated rings. The molecule has 3 aromatic heterocycles. The van der Waals surface area contributed by atoms with Crippen molar-refractivity contribution >= 4 is 11.2 Å². The van der Waals surface area contributed by atoms with Crippen molar-refractivity contribution in [1.82, 2.24) is 8.80 Å². The predicted molar refractivity (Wildman–Crippen MR) is 118 cm³/mol. The van der Waals surface area contributed by atoms with E-state index in [1.54, 1.807) is 0 Å². The van der Waals surface area contributed by atoms with Crippen LogP contribution in [0.4, 0.5) is 0 Å². The van der Waals surface area contributed by atoms with Crippen LogP contribution >= 0.6 is 0 Å². The third-order valence-corrected chi connectivity index (χ3v) is 4.95. The van der Waals surface area contributed by atoms with Gasteiger partial charge in [0.2, 0.25) is 0 Å². The second-order valence-electron chi connectivity index (χ2n) is 6.93. The van der Waals surface area contributed by atoms with Crippen molar-refractivity contribution in [2.24, 2.45) is 0 Å². The third kappa shape index (κ3) is 3.18. The first-order chi connectivity index (χ1) is 14.3. The van der Waals surface area contributed by atoms with Crippen LogP contribution in [0.1, 0.15) is 28.1 Å². The van der Waals surface area contributed by atoms with Crippen molar-refractivity contribution in [3.05, 3.63) is 119 Å². The monoisotopic (exact) mass is 370 g/mol. The Morgan fingerprint density at radius 2 is 1.17 bits per heavy atom. The second-order valence-corrected chi connectivity index (χ2v) is 6.93. The molecule has 0 saturated carbocycles. The van der Waals surface area contributed by atoms with Crippen molar-refractivity contribution in [1.29, 1.82) is 0 Å². The molecule has 0 amide bonds. The zero-order valence-corrected chi connectivity index (χ0v) is 16.1. The zero-order valence-electron chi connectivity index (χ0n) is 16.1. The standard InChI is InChI=1S/C27H18N2/c1-21-20-28-24(14-12-22-8-4-2-5-9-22)17-19-27(28)29-25(16-18-26(21)29)15-13-23-10-6-3-7-11-23/h2-11,16-20H,1H3. The van der Waals surface area contributed by atoms with Crippen LogP contribution in [-0.2, 0) is 0 Å². The van der Waals surface area contributed by atoms with E-state index in [2.05, 4.69) is 69.9 Å². The Hall–Kier alpha value is -4.14. The first-order valence-corrected chi connectivity index (χ1v) is 9.56. The van der Waals surface area contributed by atoms with E-state index in [9.17, 15) is 0 Å². The summed E-state index contributed by atoms with van der Waals surface area (Å²) in [4.78, 5) is 0. The average molecular weight is 370 g/mol. The molecule has 0 unspecified atom stereocenters. The topological polar surface area (TPSA) is 8.82 Å². The molecule has 29 heavy (non-hydrogen) atoms. The van der Waals surface area contributed by atoms with Gasteiger partial charge in [0.25, 0.3) is 0 Å². The molecule has 0 aliphatic carbocycles. The molecule has 3 heterocycles. The molecule has 0 atom stereocenters. The predicted octanol–water partition coefficient (Wildman–Crippen LogP) is 5.30. The minimum absolute atomic E-state index is 0.963. The highest BCUT2D eigenvalue weighted by molar-refractivity contribution is 5.67. The summed E-state index contributed by atoms with van der Waals surface area (Å²) in [5.41, 5.74) is 7.36. The Morgan fingerprint density at radius 1 is 0.586 bits per heavy atom. The first-order valence-electron chi connectivity index (χ1n) is 9.56. The minimum atomic E-state index is 0.963. The largest absolute Gasteiger partial charge is 0.295 e. The number of aromatic nitrogens is 2. The molecular formula is C27H18N2. The Labute approximate surface area is 170 Å². The number of fused-ring (bicyclic) bond motifs is 3. The molecule has 2 aromatic carbocycles. The number of nitrogens with zero attached hydrogens (tertiary/aromatic N) is 2. The van der Waals surface area contributed by atoms with Crippen molar-refractivity contribution in [2.45, 2.75) is 6.92 Å². The fourth-order valence-electron chi connectivity index (χ4n) is 3.52. The van der Waals surface area contributed by atoms with Gasteiger partial charge >= 0.3 is 0 Å². The molecule has 0 saturated heterocycles. The normalized spacial score (nSPS) is 10.4. The molecule has 0 spiro atoms. The van der Waals surface area contributed by atoms with E-state index in [0.29, 0.717) is 0 Å². The van der Waals surface area contributed by atoms with E-state index >= 15 is 0 Å². The van der Waals surface area contributed by atoms with E-state index in [1.165, 1.54) is 5.56 Å². The first kappa shape index (κ1) is 17.0. The number of rotatable bonds is 0. The Morgan fingerprint density at radius 3 is 1.83 bits per heavy atom. The minimum Gasteiger partial charge on any atom is -0.295 e. The van der Waals surface area contributed by atoms with Gasteiger partial charge in [0, 0.05) is 17.3 Å². The maximum absolute atomic E-state index is 3.33. The van der Waals surface area contributed by atoms with Gasteiger partial charge in [-0.25, -0.2) is 0 Å². The van der Waals surface area contributed by atoms with E-state index in [1.807, 2.05) is 60.7 Å². The maximum atomic E-state index is 3.33. The highest BCUT2D eigenvalue weighted by atomic mass is 15.1. The van der Waals surface area contributed by atoms with Gasteiger partial charge in [0.05, 0.1) is 16.9 Å². The van der Waals surface area contributed by atoms with Gasteiger partial charge in [0.15, 0.2) is 0 Å². The van der Waals surface area contributed by atoms with Gasteiger partial charge in [-0.15, -0.1) is 0 Å². The van der Waals surface area contributed by atoms with Gasteiger partial charge in [-0.3, -0.25) is 8.80 Å². The summed E-state index contributed by atoms with van der Waals surface area (Å²) in [6, 6.07) is 28.5. The Bertz CT molecular complexity index is 1440. The van der Waals surface area contributed by atoms with Crippen LogP contribution in [0.5, 0.6) is 0 Å². The lowest BCUT2D eigenvalue weighted by Gasteiger charge is -2.06. The van der Waals surface area contributed by atoms with Crippen LogP contribution in [0.25, 0.3) is 11.2 Å². The molecule has 0 N–H and O–H groups in total. The molecule has 0 bridgehead atoms. The van der Waals surface area contributed by atoms with Crippen LogP contribution in [0.2, 0.25) is 0 Å². The van der Waals surface area contributed by atoms with Crippen LogP contribution in [-0.4, -0.2) is 8.80 Å². The smallest absolute Gasteiger partial charge is 0.123 e. The van der Waals surface area contributed by atoms with E-state index in [0.717, 1.165) is 33.7 Å². The van der Waals surface area contributed by atoms with Gasteiger partial charge < -0.3 is 0 Å². The molecule has 0 aliphatic heterocycles. The van der Waals surface area contributed by atoms with E-state index in [4.69, 9.17) is 0 Å². The summed E-state index contributed by atoms with van der Waals surface area (Å²) in [5, 5.41) is 0. The summed E-state index contributed by atoms with van der Waals surface area (Å²) < 4.78 is 4.35. The van der Waals surface area contributed by atoms with Gasteiger partial charge in [0.1, 0.15) is 5.65 Å². The summed E-state index contributed by atoms with van der Waals surface area (Å²) >= 11 is 0. The van der Waals surface area contributed by atoms with Gasteiger partial charge in [-0.2, -0.15) is 0 Å². The second kappa shape index (κ2) is 7.12. The number of benzene rings is 2.